The molecule has 1 nitrogen and oxygen atoms in total. The summed E-state index contributed by atoms with van der Waals surface area (Å²) in [4.78, 5) is 11.9. The smallest absolute Gasteiger partial charge is 0.228 e. The van der Waals surface area contributed by atoms with E-state index in [0.29, 0.717) is 5.56 Å². The first-order chi connectivity index (χ1) is 10.3. The number of rotatable bonds is 3. The van der Waals surface area contributed by atoms with Crippen LogP contribution in [0.2, 0.25) is 0 Å². The maximum atomic E-state index is 11.9. The van der Waals surface area contributed by atoms with E-state index in [4.69, 9.17) is 0 Å². The molecule has 0 amide bonds. The van der Waals surface area contributed by atoms with Gasteiger partial charge in [0.05, 0.1) is 0 Å². The molecule has 0 fully saturated rings. The van der Waals surface area contributed by atoms with Gasteiger partial charge in [-0.2, -0.15) is 0 Å². The molecule has 102 valence electrons. The second-order valence-corrected chi connectivity index (χ2v) is 5.49. The van der Waals surface area contributed by atoms with Crippen molar-refractivity contribution in [1.82, 2.24) is 0 Å². The molecule has 3 aromatic rings. The molecular formula is C19H13BrO. The molecule has 21 heavy (non-hydrogen) atoms. The number of hydrogen-bond donors (Lipinski definition) is 0. The van der Waals surface area contributed by atoms with Crippen LogP contribution in [0.15, 0.2) is 78.9 Å². The molecule has 0 heterocycles. The maximum absolute atomic E-state index is 11.9. The van der Waals surface area contributed by atoms with Gasteiger partial charge in [-0.25, -0.2) is 0 Å². The highest BCUT2D eigenvalue weighted by atomic mass is 79.9. The van der Waals surface area contributed by atoms with E-state index in [1.54, 1.807) is 0 Å². The van der Waals surface area contributed by atoms with Crippen molar-refractivity contribution in [2.75, 3.05) is 0 Å². The predicted molar refractivity (Wildman–Crippen MR) is 90.6 cm³/mol. The number of halogens is 1. The quantitative estimate of drug-likeness (QED) is 0.572. The summed E-state index contributed by atoms with van der Waals surface area (Å²) in [6, 6.07) is 26.0. The Morgan fingerprint density at radius 3 is 1.81 bits per heavy atom. The minimum absolute atomic E-state index is 0.0980. The van der Waals surface area contributed by atoms with Crippen molar-refractivity contribution in [3.8, 4) is 22.3 Å². The van der Waals surface area contributed by atoms with E-state index < -0.39 is 0 Å². The van der Waals surface area contributed by atoms with Gasteiger partial charge in [0.25, 0.3) is 0 Å². The average molecular weight is 337 g/mol. The zero-order chi connectivity index (χ0) is 14.7. The summed E-state index contributed by atoms with van der Waals surface area (Å²) >= 11 is 3.10. The fourth-order valence-corrected chi connectivity index (χ4v) is 2.71. The normalized spacial score (nSPS) is 10.3. The Bertz CT molecular complexity index is 764. The van der Waals surface area contributed by atoms with Crippen molar-refractivity contribution >= 4 is 20.6 Å². The fraction of sp³-hybridized carbons (Fsp3) is 0. The summed E-state index contributed by atoms with van der Waals surface area (Å²) in [6.07, 6.45) is 0. The zero-order valence-electron chi connectivity index (χ0n) is 11.3. The molecule has 0 radical (unpaired) electrons. The summed E-state index contributed by atoms with van der Waals surface area (Å²) in [7, 11) is 0. The third-order valence-electron chi connectivity index (χ3n) is 3.42. The largest absolute Gasteiger partial charge is 0.281 e. The minimum atomic E-state index is -0.0980. The van der Waals surface area contributed by atoms with E-state index in [1.807, 2.05) is 72.8 Å². The monoisotopic (exact) mass is 336 g/mol. The van der Waals surface area contributed by atoms with Crippen molar-refractivity contribution in [3.05, 3.63) is 84.4 Å². The van der Waals surface area contributed by atoms with Crippen LogP contribution in [0.5, 0.6) is 0 Å². The van der Waals surface area contributed by atoms with E-state index in [9.17, 15) is 4.79 Å². The molecule has 0 aromatic heterocycles. The van der Waals surface area contributed by atoms with Gasteiger partial charge in [0, 0.05) is 5.56 Å². The van der Waals surface area contributed by atoms with Crippen molar-refractivity contribution in [2.24, 2.45) is 0 Å². The third-order valence-corrected chi connectivity index (χ3v) is 3.85. The number of benzene rings is 3. The van der Waals surface area contributed by atoms with Gasteiger partial charge in [-0.05, 0) is 44.3 Å². The van der Waals surface area contributed by atoms with Gasteiger partial charge < -0.3 is 0 Å². The first-order valence-corrected chi connectivity index (χ1v) is 7.50. The lowest BCUT2D eigenvalue weighted by molar-refractivity contribution is 0.109. The third kappa shape index (κ3) is 2.96. The van der Waals surface area contributed by atoms with Crippen molar-refractivity contribution in [1.29, 1.82) is 0 Å². The van der Waals surface area contributed by atoms with Crippen LogP contribution in [-0.4, -0.2) is 4.69 Å². The van der Waals surface area contributed by atoms with Crippen LogP contribution in [0.25, 0.3) is 22.3 Å². The summed E-state index contributed by atoms with van der Waals surface area (Å²) in [5.74, 6) is 0. The lowest BCUT2D eigenvalue weighted by Gasteiger charge is -2.10. The van der Waals surface area contributed by atoms with E-state index in [0.717, 1.165) is 22.3 Å². The SMILES string of the molecule is O=C(Br)c1cc(-c2ccccc2)ccc1-c1ccccc1. The molecule has 0 aliphatic rings. The molecule has 0 N–H and O–H groups in total. The van der Waals surface area contributed by atoms with Crippen LogP contribution in [0.1, 0.15) is 10.4 Å². The Morgan fingerprint density at radius 1 is 0.667 bits per heavy atom. The van der Waals surface area contributed by atoms with Gasteiger partial charge in [-0.15, -0.1) is 0 Å². The van der Waals surface area contributed by atoms with Crippen LogP contribution < -0.4 is 0 Å². The average Bonchev–Trinajstić information content (AvgIpc) is 2.56. The van der Waals surface area contributed by atoms with Crippen molar-refractivity contribution < 1.29 is 4.79 Å². The molecule has 0 aliphatic heterocycles. The molecular weight excluding hydrogens is 324 g/mol. The lowest BCUT2D eigenvalue weighted by Crippen LogP contribution is -1.94. The summed E-state index contributed by atoms with van der Waals surface area (Å²) in [5, 5.41) is 0. The highest BCUT2D eigenvalue weighted by Gasteiger charge is 2.12. The molecule has 0 bridgehead atoms. The van der Waals surface area contributed by atoms with Gasteiger partial charge in [-0.3, -0.25) is 4.79 Å². The van der Waals surface area contributed by atoms with Gasteiger partial charge >= 0.3 is 0 Å². The van der Waals surface area contributed by atoms with Crippen LogP contribution >= 0.6 is 15.9 Å². The van der Waals surface area contributed by atoms with Gasteiger partial charge in [0.1, 0.15) is 0 Å². The van der Waals surface area contributed by atoms with Crippen LogP contribution in [0.3, 0.4) is 0 Å². The van der Waals surface area contributed by atoms with Crippen LogP contribution in [0.4, 0.5) is 0 Å². The number of carbonyl (C=O) groups excluding carboxylic acids is 1. The lowest BCUT2D eigenvalue weighted by atomic mass is 9.95. The summed E-state index contributed by atoms with van der Waals surface area (Å²) < 4.78 is -0.0980. The molecule has 0 saturated heterocycles. The topological polar surface area (TPSA) is 17.1 Å². The Balaban J connectivity index is 2.14. The van der Waals surface area contributed by atoms with Crippen molar-refractivity contribution in [2.45, 2.75) is 0 Å². The van der Waals surface area contributed by atoms with Crippen LogP contribution in [0, 0.1) is 0 Å². The van der Waals surface area contributed by atoms with Gasteiger partial charge in [0.2, 0.25) is 4.69 Å². The molecule has 0 unspecified atom stereocenters. The Kier molecular flexibility index (Phi) is 3.98. The van der Waals surface area contributed by atoms with Gasteiger partial charge in [0.15, 0.2) is 0 Å². The molecule has 3 aromatic carbocycles. The second kappa shape index (κ2) is 6.06. The Hall–Kier alpha value is -2.19. The standard InChI is InChI=1S/C19H13BrO/c20-19(21)18-13-16(14-7-3-1-4-8-14)11-12-17(18)15-9-5-2-6-10-15/h1-13H. The molecule has 0 atom stereocenters. The highest BCUT2D eigenvalue weighted by molar-refractivity contribution is 9.18. The number of carbonyl (C=O) groups is 1. The Morgan fingerprint density at radius 2 is 1.24 bits per heavy atom. The van der Waals surface area contributed by atoms with E-state index in [1.165, 1.54) is 0 Å². The highest BCUT2D eigenvalue weighted by Crippen LogP contribution is 2.30. The van der Waals surface area contributed by atoms with E-state index in [2.05, 4.69) is 22.0 Å². The summed E-state index contributed by atoms with van der Waals surface area (Å²) in [5.41, 5.74) is 4.81. The maximum Gasteiger partial charge on any atom is 0.228 e. The fourth-order valence-electron chi connectivity index (χ4n) is 2.39. The first kappa shape index (κ1) is 13.8. The molecule has 3 rings (SSSR count). The zero-order valence-corrected chi connectivity index (χ0v) is 12.9. The minimum Gasteiger partial charge on any atom is -0.281 e. The molecule has 0 spiro atoms. The number of hydrogen-bond acceptors (Lipinski definition) is 1. The van der Waals surface area contributed by atoms with E-state index in [-0.39, 0.29) is 4.69 Å². The molecule has 0 saturated carbocycles. The summed E-state index contributed by atoms with van der Waals surface area (Å²) in [6.45, 7) is 0. The predicted octanol–water partition coefficient (Wildman–Crippen LogP) is 5.56. The Labute approximate surface area is 132 Å². The molecule has 0 aliphatic carbocycles. The molecule has 2 heteroatoms. The van der Waals surface area contributed by atoms with E-state index >= 15 is 0 Å². The van der Waals surface area contributed by atoms with Gasteiger partial charge in [-0.1, -0.05) is 72.8 Å². The van der Waals surface area contributed by atoms with Crippen molar-refractivity contribution in [3.63, 3.8) is 0 Å². The first-order valence-electron chi connectivity index (χ1n) is 6.70. The second-order valence-electron chi connectivity index (χ2n) is 4.77. The van der Waals surface area contributed by atoms with Crippen LogP contribution in [-0.2, 0) is 0 Å².